The number of nitrogens with two attached hydrogens (primary N) is 1. The van der Waals surface area contributed by atoms with Crippen LogP contribution in [0.15, 0.2) is 24.3 Å². The number of anilines is 1. The van der Waals surface area contributed by atoms with Gasteiger partial charge in [-0.25, -0.2) is 0 Å². The van der Waals surface area contributed by atoms with Crippen molar-refractivity contribution < 1.29 is 9.90 Å². The second kappa shape index (κ2) is 4.75. The summed E-state index contributed by atoms with van der Waals surface area (Å²) in [6.07, 6.45) is 3.91. The minimum absolute atomic E-state index is 0.425. The predicted molar refractivity (Wildman–Crippen MR) is 66.9 cm³/mol. The van der Waals surface area contributed by atoms with E-state index in [9.17, 15) is 9.90 Å². The van der Waals surface area contributed by atoms with Crippen molar-refractivity contribution in [3.63, 3.8) is 0 Å². The fourth-order valence-corrected chi connectivity index (χ4v) is 2.23. The molecule has 1 aliphatic carbocycles. The number of hydrogen-bond donors (Lipinski definition) is 3. The Kier molecular flexibility index (Phi) is 3.33. The molecule has 2 rings (SSSR count). The summed E-state index contributed by atoms with van der Waals surface area (Å²) in [6.45, 7) is 0.558. The molecule has 17 heavy (non-hydrogen) atoms. The van der Waals surface area contributed by atoms with Gasteiger partial charge < -0.3 is 16.2 Å². The van der Waals surface area contributed by atoms with Crippen molar-refractivity contribution in [3.8, 4) is 0 Å². The van der Waals surface area contributed by atoms with Crippen molar-refractivity contribution in [1.82, 2.24) is 0 Å². The van der Waals surface area contributed by atoms with Crippen molar-refractivity contribution in [2.45, 2.75) is 31.3 Å². The Balaban J connectivity index is 1.93. The van der Waals surface area contributed by atoms with Gasteiger partial charge >= 0.3 is 0 Å². The number of hydrogen-bond acceptors (Lipinski definition) is 3. The first kappa shape index (κ1) is 11.9. The van der Waals surface area contributed by atoms with E-state index in [1.165, 1.54) is 0 Å². The van der Waals surface area contributed by atoms with Crippen LogP contribution in [0.25, 0.3) is 0 Å². The van der Waals surface area contributed by atoms with Crippen LogP contribution in [0.3, 0.4) is 0 Å². The van der Waals surface area contributed by atoms with Crippen LogP contribution >= 0.6 is 0 Å². The second-order valence-corrected chi connectivity index (χ2v) is 4.73. The number of rotatable bonds is 4. The lowest BCUT2D eigenvalue weighted by Gasteiger charge is -2.23. The lowest BCUT2D eigenvalue weighted by atomic mass is 10.0. The molecule has 0 radical (unpaired) electrons. The van der Waals surface area contributed by atoms with Gasteiger partial charge in [-0.3, -0.25) is 4.79 Å². The van der Waals surface area contributed by atoms with Crippen molar-refractivity contribution >= 4 is 11.6 Å². The molecule has 1 aliphatic rings. The minimum atomic E-state index is -0.567. The number of nitrogens with one attached hydrogen (secondary N) is 1. The predicted octanol–water partition coefficient (Wildman–Crippen LogP) is 1.50. The van der Waals surface area contributed by atoms with E-state index in [1.807, 2.05) is 0 Å². The molecule has 4 N–H and O–H groups in total. The van der Waals surface area contributed by atoms with Gasteiger partial charge in [0.2, 0.25) is 5.91 Å². The van der Waals surface area contributed by atoms with Crippen LogP contribution in [0.1, 0.15) is 36.0 Å². The molecule has 0 aliphatic heterocycles. The molecule has 1 fully saturated rings. The quantitative estimate of drug-likeness (QED) is 0.739. The third-order valence-corrected chi connectivity index (χ3v) is 3.33. The molecule has 4 nitrogen and oxygen atoms in total. The summed E-state index contributed by atoms with van der Waals surface area (Å²) in [5, 5.41) is 13.3. The first-order chi connectivity index (χ1) is 8.09. The lowest BCUT2D eigenvalue weighted by molar-refractivity contribution is 0.0614. The smallest absolute Gasteiger partial charge is 0.248 e. The molecule has 4 heteroatoms. The number of aliphatic hydroxyl groups is 1. The first-order valence-electron chi connectivity index (χ1n) is 5.95. The van der Waals surface area contributed by atoms with Gasteiger partial charge in [0.25, 0.3) is 0 Å². The maximum absolute atomic E-state index is 10.9. The topological polar surface area (TPSA) is 75.4 Å². The largest absolute Gasteiger partial charge is 0.388 e. The molecule has 0 aromatic heterocycles. The van der Waals surface area contributed by atoms with Gasteiger partial charge in [-0.1, -0.05) is 12.8 Å². The highest BCUT2D eigenvalue weighted by Gasteiger charge is 2.30. The van der Waals surface area contributed by atoms with E-state index >= 15 is 0 Å². The zero-order valence-electron chi connectivity index (χ0n) is 9.78. The average Bonchev–Trinajstić information content (AvgIpc) is 2.75. The van der Waals surface area contributed by atoms with Crippen molar-refractivity contribution in [2.75, 3.05) is 11.9 Å². The fourth-order valence-electron chi connectivity index (χ4n) is 2.23. The highest BCUT2D eigenvalue weighted by atomic mass is 16.3. The first-order valence-corrected chi connectivity index (χ1v) is 5.95. The van der Waals surface area contributed by atoms with Gasteiger partial charge in [-0.2, -0.15) is 0 Å². The summed E-state index contributed by atoms with van der Waals surface area (Å²) in [6, 6.07) is 6.98. The summed E-state index contributed by atoms with van der Waals surface area (Å²) >= 11 is 0. The Labute approximate surface area is 101 Å². The van der Waals surface area contributed by atoms with Crippen LogP contribution < -0.4 is 11.1 Å². The number of carbonyl (C=O) groups is 1. The van der Waals surface area contributed by atoms with Gasteiger partial charge in [0.1, 0.15) is 0 Å². The van der Waals surface area contributed by atoms with E-state index < -0.39 is 11.5 Å². The van der Waals surface area contributed by atoms with E-state index in [0.29, 0.717) is 12.1 Å². The van der Waals surface area contributed by atoms with E-state index in [2.05, 4.69) is 5.32 Å². The molecule has 1 aromatic rings. The summed E-state index contributed by atoms with van der Waals surface area (Å²) in [5.74, 6) is -0.425. The molecule has 92 valence electrons. The molecular weight excluding hydrogens is 216 g/mol. The van der Waals surface area contributed by atoms with Crippen LogP contribution in [-0.4, -0.2) is 23.2 Å². The van der Waals surface area contributed by atoms with Crippen molar-refractivity contribution in [3.05, 3.63) is 29.8 Å². The molecule has 0 spiro atoms. The van der Waals surface area contributed by atoms with Gasteiger partial charge in [0, 0.05) is 17.8 Å². The maximum Gasteiger partial charge on any atom is 0.248 e. The van der Waals surface area contributed by atoms with Crippen molar-refractivity contribution in [1.29, 1.82) is 0 Å². The maximum atomic E-state index is 10.9. The molecule has 0 bridgehead atoms. The average molecular weight is 234 g/mol. The highest BCUT2D eigenvalue weighted by Crippen LogP contribution is 2.29. The molecule has 0 atom stereocenters. The number of primary amides is 1. The van der Waals surface area contributed by atoms with E-state index in [0.717, 1.165) is 31.4 Å². The molecular formula is C13H18N2O2. The standard InChI is InChI=1S/C13H18N2O2/c14-12(16)10-3-5-11(6-4-10)15-9-13(17)7-1-2-8-13/h3-6,15,17H,1-2,7-9H2,(H2,14,16). The van der Waals surface area contributed by atoms with E-state index in [-0.39, 0.29) is 0 Å². The van der Waals surface area contributed by atoms with Crippen LogP contribution in [0.2, 0.25) is 0 Å². The Morgan fingerprint density at radius 3 is 2.41 bits per heavy atom. The Bertz CT molecular complexity index is 394. The van der Waals surface area contributed by atoms with Gasteiger partial charge in [-0.05, 0) is 37.1 Å². The van der Waals surface area contributed by atoms with Crippen LogP contribution in [0.5, 0.6) is 0 Å². The molecule has 1 saturated carbocycles. The number of amides is 1. The number of carbonyl (C=O) groups excluding carboxylic acids is 1. The molecule has 1 aromatic carbocycles. The van der Waals surface area contributed by atoms with Crippen LogP contribution in [0, 0.1) is 0 Å². The Morgan fingerprint density at radius 2 is 1.88 bits per heavy atom. The third-order valence-electron chi connectivity index (χ3n) is 3.33. The molecule has 1 amide bonds. The van der Waals surface area contributed by atoms with Gasteiger partial charge in [0.05, 0.1) is 5.60 Å². The summed E-state index contributed by atoms with van der Waals surface area (Å²) in [4.78, 5) is 10.9. The molecule has 0 saturated heterocycles. The fraction of sp³-hybridized carbons (Fsp3) is 0.462. The van der Waals surface area contributed by atoms with Gasteiger partial charge in [0.15, 0.2) is 0 Å². The number of benzene rings is 1. The Hall–Kier alpha value is -1.55. The molecule has 0 heterocycles. The zero-order chi connectivity index (χ0) is 12.3. The monoisotopic (exact) mass is 234 g/mol. The van der Waals surface area contributed by atoms with E-state index in [1.54, 1.807) is 24.3 Å². The normalized spacial score (nSPS) is 17.9. The lowest BCUT2D eigenvalue weighted by Crippen LogP contribution is -2.33. The summed E-state index contributed by atoms with van der Waals surface area (Å²) < 4.78 is 0. The van der Waals surface area contributed by atoms with Crippen LogP contribution in [0.4, 0.5) is 5.69 Å². The van der Waals surface area contributed by atoms with Gasteiger partial charge in [-0.15, -0.1) is 0 Å². The third kappa shape index (κ3) is 2.97. The van der Waals surface area contributed by atoms with Crippen LogP contribution in [-0.2, 0) is 0 Å². The second-order valence-electron chi connectivity index (χ2n) is 4.73. The highest BCUT2D eigenvalue weighted by molar-refractivity contribution is 5.93. The van der Waals surface area contributed by atoms with E-state index in [4.69, 9.17) is 5.73 Å². The summed E-state index contributed by atoms with van der Waals surface area (Å²) in [7, 11) is 0. The minimum Gasteiger partial charge on any atom is -0.388 e. The zero-order valence-corrected chi connectivity index (χ0v) is 9.78. The summed E-state index contributed by atoms with van der Waals surface area (Å²) in [5.41, 5.74) is 5.99. The molecule has 0 unspecified atom stereocenters. The SMILES string of the molecule is NC(=O)c1ccc(NCC2(O)CCCC2)cc1. The van der Waals surface area contributed by atoms with Crippen molar-refractivity contribution in [2.24, 2.45) is 5.73 Å². The Morgan fingerprint density at radius 1 is 1.29 bits per heavy atom.